The SMILES string of the molecule is O=C(NCCCCN1CCCCC1)c1cccc(Cl)c1. The zero-order chi connectivity index (χ0) is 14.2. The van der Waals surface area contributed by atoms with Gasteiger partial charge < -0.3 is 10.2 Å². The Morgan fingerprint density at radius 2 is 2.00 bits per heavy atom. The molecule has 1 heterocycles. The van der Waals surface area contributed by atoms with E-state index in [4.69, 9.17) is 11.6 Å². The van der Waals surface area contributed by atoms with E-state index >= 15 is 0 Å². The van der Waals surface area contributed by atoms with Crippen molar-refractivity contribution in [3.05, 3.63) is 34.9 Å². The Kier molecular flexibility index (Phi) is 6.34. The first-order valence-electron chi connectivity index (χ1n) is 7.52. The van der Waals surface area contributed by atoms with Gasteiger partial charge in [0.25, 0.3) is 5.91 Å². The molecule has 0 saturated carbocycles. The second-order valence-corrected chi connectivity index (χ2v) is 5.81. The summed E-state index contributed by atoms with van der Waals surface area (Å²) in [6.07, 6.45) is 6.24. The summed E-state index contributed by atoms with van der Waals surface area (Å²) < 4.78 is 0. The molecule has 0 aliphatic carbocycles. The fraction of sp³-hybridized carbons (Fsp3) is 0.562. The largest absolute Gasteiger partial charge is 0.352 e. The lowest BCUT2D eigenvalue weighted by Crippen LogP contribution is -2.31. The summed E-state index contributed by atoms with van der Waals surface area (Å²) in [6.45, 7) is 4.38. The Labute approximate surface area is 126 Å². The van der Waals surface area contributed by atoms with Gasteiger partial charge in [-0.3, -0.25) is 4.79 Å². The van der Waals surface area contributed by atoms with Crippen LogP contribution < -0.4 is 5.32 Å². The summed E-state index contributed by atoms with van der Waals surface area (Å²) in [5, 5.41) is 3.55. The van der Waals surface area contributed by atoms with E-state index in [1.54, 1.807) is 24.3 Å². The number of piperidine rings is 1. The third-order valence-electron chi connectivity index (χ3n) is 3.72. The number of halogens is 1. The number of nitrogens with one attached hydrogen (secondary N) is 1. The summed E-state index contributed by atoms with van der Waals surface area (Å²) in [7, 11) is 0. The van der Waals surface area contributed by atoms with E-state index in [1.165, 1.54) is 32.4 Å². The van der Waals surface area contributed by atoms with Gasteiger partial charge in [0, 0.05) is 17.1 Å². The van der Waals surface area contributed by atoms with E-state index in [-0.39, 0.29) is 5.91 Å². The van der Waals surface area contributed by atoms with Crippen molar-refractivity contribution < 1.29 is 4.79 Å². The highest BCUT2D eigenvalue weighted by Gasteiger charge is 2.09. The Hall–Kier alpha value is -1.06. The van der Waals surface area contributed by atoms with Gasteiger partial charge in [-0.2, -0.15) is 0 Å². The summed E-state index contributed by atoms with van der Waals surface area (Å²) in [5.74, 6) is -0.0366. The first-order chi connectivity index (χ1) is 9.75. The number of rotatable bonds is 6. The van der Waals surface area contributed by atoms with E-state index in [0.29, 0.717) is 10.6 Å². The molecule has 3 nitrogen and oxygen atoms in total. The Balaban J connectivity index is 1.59. The lowest BCUT2D eigenvalue weighted by Gasteiger charge is -2.26. The molecule has 0 bridgehead atoms. The van der Waals surface area contributed by atoms with E-state index < -0.39 is 0 Å². The van der Waals surface area contributed by atoms with Gasteiger partial charge in [-0.1, -0.05) is 24.1 Å². The molecule has 0 aromatic heterocycles. The molecule has 1 saturated heterocycles. The molecule has 1 aliphatic rings. The standard InChI is InChI=1S/C16H23ClN2O/c17-15-8-6-7-14(13-15)16(20)18-9-2-5-12-19-10-3-1-4-11-19/h6-8,13H,1-5,9-12H2,(H,18,20). The highest BCUT2D eigenvalue weighted by atomic mass is 35.5. The quantitative estimate of drug-likeness (QED) is 0.816. The highest BCUT2D eigenvalue weighted by molar-refractivity contribution is 6.30. The minimum atomic E-state index is -0.0366. The minimum absolute atomic E-state index is 0.0366. The van der Waals surface area contributed by atoms with E-state index in [9.17, 15) is 4.79 Å². The first kappa shape index (κ1) is 15.3. The fourth-order valence-electron chi connectivity index (χ4n) is 2.58. The van der Waals surface area contributed by atoms with Crippen LogP contribution in [0.1, 0.15) is 42.5 Å². The maximum atomic E-state index is 11.9. The van der Waals surface area contributed by atoms with Gasteiger partial charge in [0.2, 0.25) is 0 Å². The summed E-state index contributed by atoms with van der Waals surface area (Å²) in [5.41, 5.74) is 0.633. The molecule has 1 aromatic rings. The van der Waals surface area contributed by atoms with Crippen LogP contribution >= 0.6 is 11.6 Å². The number of likely N-dealkylation sites (tertiary alicyclic amines) is 1. The molecule has 0 spiro atoms. The second kappa shape index (κ2) is 8.28. The van der Waals surface area contributed by atoms with Crippen molar-refractivity contribution in [3.63, 3.8) is 0 Å². The van der Waals surface area contributed by atoms with Crippen LogP contribution in [-0.4, -0.2) is 37.0 Å². The molecule has 1 fully saturated rings. The number of carbonyl (C=O) groups excluding carboxylic acids is 1. The van der Waals surface area contributed by atoms with Gasteiger partial charge in [-0.25, -0.2) is 0 Å². The van der Waals surface area contributed by atoms with Crippen molar-refractivity contribution >= 4 is 17.5 Å². The minimum Gasteiger partial charge on any atom is -0.352 e. The van der Waals surface area contributed by atoms with Gasteiger partial charge >= 0.3 is 0 Å². The third-order valence-corrected chi connectivity index (χ3v) is 3.96. The fourth-order valence-corrected chi connectivity index (χ4v) is 2.77. The number of nitrogens with zero attached hydrogens (tertiary/aromatic N) is 1. The Morgan fingerprint density at radius 3 is 2.75 bits per heavy atom. The third kappa shape index (κ3) is 5.14. The molecule has 110 valence electrons. The average Bonchev–Trinajstić information content (AvgIpc) is 2.48. The molecule has 1 amide bonds. The summed E-state index contributed by atoms with van der Waals surface area (Å²) in [4.78, 5) is 14.4. The van der Waals surface area contributed by atoms with Gasteiger partial charge in [0.15, 0.2) is 0 Å². The van der Waals surface area contributed by atoms with E-state index in [2.05, 4.69) is 10.2 Å². The lowest BCUT2D eigenvalue weighted by atomic mass is 10.1. The molecule has 20 heavy (non-hydrogen) atoms. The molecule has 1 N–H and O–H groups in total. The van der Waals surface area contributed by atoms with Crippen LogP contribution in [0, 0.1) is 0 Å². The lowest BCUT2D eigenvalue weighted by molar-refractivity contribution is 0.0952. The Bertz CT molecular complexity index is 430. The molecule has 0 unspecified atom stereocenters. The van der Waals surface area contributed by atoms with Crippen molar-refractivity contribution in [1.82, 2.24) is 10.2 Å². The number of hydrogen-bond donors (Lipinski definition) is 1. The van der Waals surface area contributed by atoms with Crippen LogP contribution in [0.3, 0.4) is 0 Å². The van der Waals surface area contributed by atoms with Crippen molar-refractivity contribution in [2.45, 2.75) is 32.1 Å². The molecule has 0 radical (unpaired) electrons. The molecule has 2 rings (SSSR count). The van der Waals surface area contributed by atoms with E-state index in [1.807, 2.05) is 0 Å². The number of amides is 1. The highest BCUT2D eigenvalue weighted by Crippen LogP contribution is 2.11. The topological polar surface area (TPSA) is 32.3 Å². The average molecular weight is 295 g/mol. The summed E-state index contributed by atoms with van der Waals surface area (Å²) >= 11 is 5.87. The van der Waals surface area contributed by atoms with Crippen molar-refractivity contribution in [3.8, 4) is 0 Å². The normalized spacial score (nSPS) is 16.1. The molecule has 0 atom stereocenters. The smallest absolute Gasteiger partial charge is 0.251 e. The zero-order valence-corrected chi connectivity index (χ0v) is 12.7. The molecule has 1 aromatic carbocycles. The van der Waals surface area contributed by atoms with Crippen LogP contribution in [0.2, 0.25) is 5.02 Å². The number of hydrogen-bond acceptors (Lipinski definition) is 2. The van der Waals surface area contributed by atoms with Crippen molar-refractivity contribution in [2.75, 3.05) is 26.2 Å². The van der Waals surface area contributed by atoms with E-state index in [0.717, 1.165) is 25.9 Å². The summed E-state index contributed by atoms with van der Waals surface area (Å²) in [6, 6.07) is 7.06. The number of benzene rings is 1. The van der Waals surface area contributed by atoms with Gasteiger partial charge in [0.1, 0.15) is 0 Å². The van der Waals surface area contributed by atoms with Crippen molar-refractivity contribution in [2.24, 2.45) is 0 Å². The van der Waals surface area contributed by atoms with Crippen LogP contribution in [0.4, 0.5) is 0 Å². The van der Waals surface area contributed by atoms with Crippen LogP contribution in [0.15, 0.2) is 24.3 Å². The molecular weight excluding hydrogens is 272 g/mol. The number of unbranched alkanes of at least 4 members (excludes halogenated alkanes) is 1. The molecule has 4 heteroatoms. The zero-order valence-electron chi connectivity index (χ0n) is 11.9. The maximum Gasteiger partial charge on any atom is 0.251 e. The molecule has 1 aliphatic heterocycles. The van der Waals surface area contributed by atoms with Crippen LogP contribution in [-0.2, 0) is 0 Å². The van der Waals surface area contributed by atoms with Gasteiger partial charge in [-0.05, 0) is 63.5 Å². The number of carbonyl (C=O) groups is 1. The van der Waals surface area contributed by atoms with Crippen LogP contribution in [0.5, 0.6) is 0 Å². The first-order valence-corrected chi connectivity index (χ1v) is 7.89. The van der Waals surface area contributed by atoms with Crippen LogP contribution in [0.25, 0.3) is 0 Å². The van der Waals surface area contributed by atoms with Gasteiger partial charge in [-0.15, -0.1) is 0 Å². The predicted molar refractivity (Wildman–Crippen MR) is 83.3 cm³/mol. The maximum absolute atomic E-state index is 11.9. The van der Waals surface area contributed by atoms with Gasteiger partial charge in [0.05, 0.1) is 0 Å². The predicted octanol–water partition coefficient (Wildman–Crippen LogP) is 3.34. The second-order valence-electron chi connectivity index (χ2n) is 5.38. The monoisotopic (exact) mass is 294 g/mol. The molecular formula is C16H23ClN2O. The Morgan fingerprint density at radius 1 is 1.20 bits per heavy atom. The van der Waals surface area contributed by atoms with Crippen molar-refractivity contribution in [1.29, 1.82) is 0 Å².